The molecular weight excluding hydrogens is 478 g/mol. The Balaban J connectivity index is 1.35. The fourth-order valence-corrected chi connectivity index (χ4v) is 4.72. The average molecular weight is 516 g/mol. The zero-order valence-corrected chi connectivity index (χ0v) is 22.0. The molecule has 1 fully saturated rings. The molecule has 0 heterocycles. The smallest absolute Gasteiger partial charge is 0.326 e. The van der Waals surface area contributed by atoms with Crippen molar-refractivity contribution in [3.8, 4) is 17.2 Å². The number of anilines is 2. The SMILES string of the molecule is COc1ccc(NC(=O)N(CCCNC(=O)CCC2CCCC2)c2ccc(Oc3ccccc3)cc2)cc1. The maximum absolute atomic E-state index is 13.3. The van der Waals surface area contributed by atoms with Crippen molar-refractivity contribution in [2.75, 3.05) is 30.4 Å². The third kappa shape index (κ3) is 8.26. The van der Waals surface area contributed by atoms with Gasteiger partial charge < -0.3 is 20.1 Å². The van der Waals surface area contributed by atoms with Gasteiger partial charge in [0.25, 0.3) is 0 Å². The van der Waals surface area contributed by atoms with Crippen LogP contribution in [0.5, 0.6) is 17.2 Å². The predicted octanol–water partition coefficient (Wildman–Crippen LogP) is 7.00. The Morgan fingerprint density at radius 2 is 1.53 bits per heavy atom. The van der Waals surface area contributed by atoms with Gasteiger partial charge in [0.05, 0.1) is 7.11 Å². The van der Waals surface area contributed by atoms with Crippen LogP contribution in [0.2, 0.25) is 0 Å². The summed E-state index contributed by atoms with van der Waals surface area (Å²) in [6, 6.07) is 24.0. The summed E-state index contributed by atoms with van der Waals surface area (Å²) in [5.74, 6) is 2.95. The Hall–Kier alpha value is -4.00. The lowest BCUT2D eigenvalue weighted by Crippen LogP contribution is -2.37. The normalized spacial score (nSPS) is 13.1. The van der Waals surface area contributed by atoms with Crippen molar-refractivity contribution in [1.29, 1.82) is 0 Å². The molecule has 38 heavy (non-hydrogen) atoms. The first kappa shape index (κ1) is 27.0. The zero-order valence-electron chi connectivity index (χ0n) is 22.0. The van der Waals surface area contributed by atoms with Crippen LogP contribution in [0.15, 0.2) is 78.9 Å². The summed E-state index contributed by atoms with van der Waals surface area (Å²) in [4.78, 5) is 27.3. The van der Waals surface area contributed by atoms with Crippen molar-refractivity contribution in [2.24, 2.45) is 5.92 Å². The van der Waals surface area contributed by atoms with Crippen LogP contribution < -0.4 is 25.0 Å². The van der Waals surface area contributed by atoms with Gasteiger partial charge in [-0.2, -0.15) is 0 Å². The van der Waals surface area contributed by atoms with E-state index >= 15 is 0 Å². The number of urea groups is 1. The molecule has 7 heteroatoms. The minimum absolute atomic E-state index is 0.0912. The van der Waals surface area contributed by atoms with Crippen molar-refractivity contribution in [3.05, 3.63) is 78.9 Å². The highest BCUT2D eigenvalue weighted by atomic mass is 16.5. The second-order valence-electron chi connectivity index (χ2n) is 9.61. The molecule has 0 unspecified atom stereocenters. The van der Waals surface area contributed by atoms with Gasteiger partial charge in [0.15, 0.2) is 0 Å². The van der Waals surface area contributed by atoms with Gasteiger partial charge in [-0.3, -0.25) is 9.69 Å². The minimum atomic E-state index is -0.251. The van der Waals surface area contributed by atoms with Crippen molar-refractivity contribution < 1.29 is 19.1 Å². The molecule has 7 nitrogen and oxygen atoms in total. The van der Waals surface area contributed by atoms with Crippen LogP contribution in [0.1, 0.15) is 44.9 Å². The number of nitrogens with one attached hydrogen (secondary N) is 2. The number of amides is 3. The van der Waals surface area contributed by atoms with Crippen LogP contribution >= 0.6 is 0 Å². The molecule has 3 aromatic rings. The molecule has 3 amide bonds. The first-order valence-corrected chi connectivity index (χ1v) is 13.4. The zero-order chi connectivity index (χ0) is 26.6. The van der Waals surface area contributed by atoms with E-state index in [9.17, 15) is 9.59 Å². The summed E-state index contributed by atoms with van der Waals surface area (Å²) in [5.41, 5.74) is 1.41. The maximum atomic E-state index is 13.3. The summed E-state index contributed by atoms with van der Waals surface area (Å²) < 4.78 is 11.1. The van der Waals surface area contributed by atoms with Gasteiger partial charge in [0.1, 0.15) is 17.2 Å². The molecule has 2 N–H and O–H groups in total. The molecule has 0 bridgehead atoms. The molecule has 0 radical (unpaired) electrons. The molecule has 1 aliphatic carbocycles. The third-order valence-electron chi connectivity index (χ3n) is 6.85. The Labute approximate surface area is 225 Å². The van der Waals surface area contributed by atoms with Crippen LogP contribution in [0, 0.1) is 5.92 Å². The number of ether oxygens (including phenoxy) is 2. The molecule has 0 spiro atoms. The number of nitrogens with zero attached hydrogens (tertiary/aromatic N) is 1. The van der Waals surface area contributed by atoms with E-state index < -0.39 is 0 Å². The van der Waals surface area contributed by atoms with E-state index in [-0.39, 0.29) is 11.9 Å². The van der Waals surface area contributed by atoms with E-state index in [4.69, 9.17) is 9.47 Å². The second-order valence-corrected chi connectivity index (χ2v) is 9.61. The maximum Gasteiger partial charge on any atom is 0.326 e. The largest absolute Gasteiger partial charge is 0.497 e. The number of carbonyl (C=O) groups excluding carboxylic acids is 2. The molecule has 0 aromatic heterocycles. The van der Waals surface area contributed by atoms with E-state index in [1.807, 2.05) is 54.6 Å². The third-order valence-corrected chi connectivity index (χ3v) is 6.85. The molecule has 0 atom stereocenters. The number of rotatable bonds is 12. The monoisotopic (exact) mass is 515 g/mol. The number of hydrogen-bond acceptors (Lipinski definition) is 4. The van der Waals surface area contributed by atoms with Crippen LogP contribution in [0.4, 0.5) is 16.2 Å². The number of hydrogen-bond donors (Lipinski definition) is 2. The van der Waals surface area contributed by atoms with Crippen LogP contribution in [-0.4, -0.2) is 32.1 Å². The van der Waals surface area contributed by atoms with E-state index in [0.717, 1.165) is 23.6 Å². The molecule has 4 rings (SSSR count). The Morgan fingerprint density at radius 3 is 2.21 bits per heavy atom. The molecule has 1 aliphatic rings. The van der Waals surface area contributed by atoms with E-state index in [2.05, 4.69) is 10.6 Å². The van der Waals surface area contributed by atoms with E-state index in [0.29, 0.717) is 43.3 Å². The minimum Gasteiger partial charge on any atom is -0.497 e. The lowest BCUT2D eigenvalue weighted by atomic mass is 10.0. The molecule has 0 saturated heterocycles. The highest BCUT2D eigenvalue weighted by molar-refractivity contribution is 6.01. The van der Waals surface area contributed by atoms with Gasteiger partial charge in [0.2, 0.25) is 5.91 Å². The lowest BCUT2D eigenvalue weighted by molar-refractivity contribution is -0.121. The summed E-state index contributed by atoms with van der Waals surface area (Å²) in [5, 5.41) is 5.98. The summed E-state index contributed by atoms with van der Waals surface area (Å²) in [7, 11) is 1.61. The standard InChI is InChI=1S/C31H37N3O4/c1-37-27-17-13-25(14-18-27)33-31(36)34(23-7-22-32-30(35)21-12-24-8-5-6-9-24)26-15-19-29(20-16-26)38-28-10-3-2-4-11-28/h2-4,10-11,13-20,24H,5-9,12,21-23H2,1H3,(H,32,35)(H,33,36). The summed E-state index contributed by atoms with van der Waals surface area (Å²) in [6.45, 7) is 0.967. The van der Waals surface area contributed by atoms with Crippen LogP contribution in [0.3, 0.4) is 0 Å². The Kier molecular flexibility index (Phi) is 10.0. The number of para-hydroxylation sites is 1. The Morgan fingerprint density at radius 1 is 0.868 bits per heavy atom. The van der Waals surface area contributed by atoms with Crippen LogP contribution in [0.25, 0.3) is 0 Å². The van der Waals surface area contributed by atoms with Gasteiger partial charge >= 0.3 is 6.03 Å². The predicted molar refractivity (Wildman–Crippen MR) is 151 cm³/mol. The van der Waals surface area contributed by atoms with Gasteiger partial charge in [-0.1, -0.05) is 43.9 Å². The lowest BCUT2D eigenvalue weighted by Gasteiger charge is -2.24. The van der Waals surface area contributed by atoms with Gasteiger partial charge in [-0.15, -0.1) is 0 Å². The molecular formula is C31H37N3O4. The van der Waals surface area contributed by atoms with E-state index in [1.54, 1.807) is 36.3 Å². The van der Waals surface area contributed by atoms with Crippen molar-refractivity contribution in [1.82, 2.24) is 5.32 Å². The van der Waals surface area contributed by atoms with Crippen molar-refractivity contribution >= 4 is 23.3 Å². The first-order chi connectivity index (χ1) is 18.6. The average Bonchev–Trinajstić information content (AvgIpc) is 3.47. The number of methoxy groups -OCH3 is 1. The summed E-state index contributed by atoms with van der Waals surface area (Å²) >= 11 is 0. The van der Waals surface area contributed by atoms with Gasteiger partial charge in [-0.05, 0) is 79.4 Å². The van der Waals surface area contributed by atoms with Crippen molar-refractivity contribution in [2.45, 2.75) is 44.9 Å². The molecule has 1 saturated carbocycles. The van der Waals surface area contributed by atoms with Gasteiger partial charge in [-0.25, -0.2) is 4.79 Å². The second kappa shape index (κ2) is 14.1. The van der Waals surface area contributed by atoms with E-state index in [1.165, 1.54) is 25.7 Å². The topological polar surface area (TPSA) is 79.9 Å². The quantitative estimate of drug-likeness (QED) is 0.255. The highest BCUT2D eigenvalue weighted by Crippen LogP contribution is 2.28. The molecule has 3 aromatic carbocycles. The Bertz CT molecular complexity index is 1140. The van der Waals surface area contributed by atoms with Gasteiger partial charge in [0, 0.05) is 30.9 Å². The molecule has 200 valence electrons. The first-order valence-electron chi connectivity index (χ1n) is 13.4. The van der Waals surface area contributed by atoms with Crippen LogP contribution in [-0.2, 0) is 4.79 Å². The summed E-state index contributed by atoms with van der Waals surface area (Å²) in [6.07, 6.45) is 7.27. The fraction of sp³-hybridized carbons (Fsp3) is 0.355. The fourth-order valence-electron chi connectivity index (χ4n) is 4.72. The van der Waals surface area contributed by atoms with Crippen molar-refractivity contribution in [3.63, 3.8) is 0 Å². The molecule has 0 aliphatic heterocycles. The number of carbonyl (C=O) groups is 2. The number of benzene rings is 3. The highest BCUT2D eigenvalue weighted by Gasteiger charge is 2.18.